The van der Waals surface area contributed by atoms with Gasteiger partial charge in [-0.15, -0.1) is 0 Å². The third-order valence-corrected chi connectivity index (χ3v) is 7.72. The second-order valence-corrected chi connectivity index (χ2v) is 11.0. The molecule has 1 fully saturated rings. The second-order valence-electron chi connectivity index (χ2n) is 9.08. The van der Waals surface area contributed by atoms with Crippen LogP contribution in [0.15, 0.2) is 34.7 Å². The first-order valence-corrected chi connectivity index (χ1v) is 13.7. The molecule has 3 aromatic rings. The van der Waals surface area contributed by atoms with Gasteiger partial charge in [0.15, 0.2) is 0 Å². The fourth-order valence-electron chi connectivity index (χ4n) is 4.14. The van der Waals surface area contributed by atoms with Crippen LogP contribution in [0.25, 0.3) is 22.4 Å². The molecule has 36 heavy (non-hydrogen) atoms. The molecule has 1 aliphatic carbocycles. The molecule has 4 rings (SSSR count). The molecule has 1 saturated carbocycles. The first-order chi connectivity index (χ1) is 17.2. The molecule has 9 nitrogen and oxygen atoms in total. The van der Waals surface area contributed by atoms with Gasteiger partial charge >= 0.3 is 5.97 Å². The minimum absolute atomic E-state index is 0.0248. The standard InChI is InChI=1S/C26H31N3O6S/c1-16-7-9-18(10-8-16)24-23(25(31)27-2)20-14-19(17-11-12-17)21(29-26(20)35-24)15-28-36(32,33)13-5-4-6-22(30)34-3/h7-10,14,17,28H,4-6,11-13,15H2,1-3H3,(H,27,31). The van der Waals surface area contributed by atoms with Crippen LogP contribution in [-0.2, 0) is 26.1 Å². The Morgan fingerprint density at radius 3 is 2.53 bits per heavy atom. The summed E-state index contributed by atoms with van der Waals surface area (Å²) in [4.78, 5) is 28.8. The Labute approximate surface area is 210 Å². The van der Waals surface area contributed by atoms with Gasteiger partial charge in [0.1, 0.15) is 5.76 Å². The number of methoxy groups -OCH3 is 1. The quantitative estimate of drug-likeness (QED) is 0.295. The fraction of sp³-hybridized carbons (Fsp3) is 0.423. The number of ether oxygens (including phenoxy) is 1. The predicted molar refractivity (Wildman–Crippen MR) is 136 cm³/mol. The number of carbonyl (C=O) groups is 2. The lowest BCUT2D eigenvalue weighted by Crippen LogP contribution is -2.27. The van der Waals surface area contributed by atoms with Gasteiger partial charge in [-0.1, -0.05) is 29.8 Å². The van der Waals surface area contributed by atoms with Gasteiger partial charge < -0.3 is 14.5 Å². The fourth-order valence-corrected chi connectivity index (χ4v) is 5.22. The van der Waals surface area contributed by atoms with Gasteiger partial charge in [-0.25, -0.2) is 18.1 Å². The Morgan fingerprint density at radius 2 is 1.89 bits per heavy atom. The van der Waals surface area contributed by atoms with Crippen molar-refractivity contribution in [2.45, 2.75) is 51.5 Å². The average Bonchev–Trinajstić information content (AvgIpc) is 3.65. The van der Waals surface area contributed by atoms with E-state index in [0.717, 1.165) is 29.5 Å². The summed E-state index contributed by atoms with van der Waals surface area (Å²) in [5.41, 5.74) is 4.09. The summed E-state index contributed by atoms with van der Waals surface area (Å²) in [6, 6.07) is 9.62. The first kappa shape index (κ1) is 25.8. The number of furan rings is 1. The molecule has 1 aromatic carbocycles. The van der Waals surface area contributed by atoms with E-state index in [1.807, 2.05) is 37.3 Å². The molecule has 0 aliphatic heterocycles. The molecule has 0 atom stereocenters. The van der Waals surface area contributed by atoms with Crippen LogP contribution in [-0.4, -0.2) is 45.2 Å². The number of nitrogens with zero attached hydrogens (tertiary/aromatic N) is 1. The zero-order chi connectivity index (χ0) is 25.9. The van der Waals surface area contributed by atoms with Crippen molar-refractivity contribution in [1.82, 2.24) is 15.0 Å². The number of hydrogen-bond donors (Lipinski definition) is 2. The molecule has 0 radical (unpaired) electrons. The molecule has 1 amide bonds. The molecule has 2 N–H and O–H groups in total. The molecule has 1 aliphatic rings. The molecule has 0 saturated heterocycles. The normalized spacial score (nSPS) is 13.6. The number of aryl methyl sites for hydroxylation is 1. The van der Waals surface area contributed by atoms with E-state index in [2.05, 4.69) is 19.8 Å². The van der Waals surface area contributed by atoms with Crippen LogP contribution >= 0.6 is 0 Å². The number of nitrogens with one attached hydrogen (secondary N) is 2. The molecule has 192 valence electrons. The van der Waals surface area contributed by atoms with Crippen LogP contribution in [0.1, 0.15) is 65.2 Å². The summed E-state index contributed by atoms with van der Waals surface area (Å²) >= 11 is 0. The molecule has 10 heteroatoms. The third-order valence-electron chi connectivity index (χ3n) is 6.31. The van der Waals surface area contributed by atoms with Crippen LogP contribution in [0, 0.1) is 6.92 Å². The van der Waals surface area contributed by atoms with E-state index >= 15 is 0 Å². The molecule has 0 bridgehead atoms. The van der Waals surface area contributed by atoms with Crippen molar-refractivity contribution in [2.24, 2.45) is 0 Å². The molecular formula is C26H31N3O6S. The van der Waals surface area contributed by atoms with Crippen molar-refractivity contribution < 1.29 is 27.2 Å². The second kappa shape index (κ2) is 10.8. The summed E-state index contributed by atoms with van der Waals surface area (Å²) in [5, 5.41) is 3.30. The van der Waals surface area contributed by atoms with Crippen molar-refractivity contribution in [3.05, 3.63) is 52.7 Å². The highest BCUT2D eigenvalue weighted by molar-refractivity contribution is 7.89. The van der Waals surface area contributed by atoms with Crippen molar-refractivity contribution in [1.29, 1.82) is 0 Å². The number of carbonyl (C=O) groups excluding carboxylic acids is 2. The number of hydrogen-bond acceptors (Lipinski definition) is 7. The van der Waals surface area contributed by atoms with E-state index in [1.54, 1.807) is 7.05 Å². The minimum Gasteiger partial charge on any atom is -0.469 e. The molecule has 2 aromatic heterocycles. The lowest BCUT2D eigenvalue weighted by atomic mass is 10.0. The maximum absolute atomic E-state index is 12.9. The average molecular weight is 514 g/mol. The highest BCUT2D eigenvalue weighted by Crippen LogP contribution is 2.44. The lowest BCUT2D eigenvalue weighted by molar-refractivity contribution is -0.140. The Balaban J connectivity index is 1.62. The van der Waals surface area contributed by atoms with Crippen LogP contribution in [0.3, 0.4) is 0 Å². The van der Waals surface area contributed by atoms with E-state index in [9.17, 15) is 18.0 Å². The Kier molecular flexibility index (Phi) is 7.75. The van der Waals surface area contributed by atoms with Crippen molar-refractivity contribution in [3.8, 4) is 11.3 Å². The number of amides is 1. The number of pyridine rings is 1. The smallest absolute Gasteiger partial charge is 0.305 e. The Morgan fingerprint density at radius 1 is 1.17 bits per heavy atom. The van der Waals surface area contributed by atoms with E-state index in [-0.39, 0.29) is 36.5 Å². The zero-order valence-electron chi connectivity index (χ0n) is 20.7. The number of unbranched alkanes of at least 4 members (excludes halogenated alkanes) is 1. The minimum atomic E-state index is -3.56. The van der Waals surface area contributed by atoms with Crippen LogP contribution in [0.2, 0.25) is 0 Å². The number of aromatic nitrogens is 1. The van der Waals surface area contributed by atoms with Crippen LogP contribution in [0.5, 0.6) is 0 Å². The maximum Gasteiger partial charge on any atom is 0.305 e. The number of sulfonamides is 1. The molecule has 0 unspecified atom stereocenters. The van der Waals surface area contributed by atoms with E-state index in [0.29, 0.717) is 41.0 Å². The molecule has 0 spiro atoms. The number of rotatable bonds is 11. The maximum atomic E-state index is 12.9. The molecule has 2 heterocycles. The van der Waals surface area contributed by atoms with Gasteiger partial charge in [0.25, 0.3) is 5.91 Å². The van der Waals surface area contributed by atoms with Crippen molar-refractivity contribution in [3.63, 3.8) is 0 Å². The summed E-state index contributed by atoms with van der Waals surface area (Å²) < 4.78 is 38.4. The highest BCUT2D eigenvalue weighted by Gasteiger charge is 2.30. The van der Waals surface area contributed by atoms with Gasteiger partial charge in [0.2, 0.25) is 15.7 Å². The number of esters is 1. The summed E-state index contributed by atoms with van der Waals surface area (Å²) in [6.07, 6.45) is 2.93. The SMILES string of the molecule is CNC(=O)c1c(-c2ccc(C)cc2)oc2nc(CNS(=O)(=O)CCCCC(=O)OC)c(C3CC3)cc12. The third kappa shape index (κ3) is 5.93. The zero-order valence-corrected chi connectivity index (χ0v) is 21.5. The largest absolute Gasteiger partial charge is 0.469 e. The van der Waals surface area contributed by atoms with E-state index in [1.165, 1.54) is 7.11 Å². The number of benzene rings is 1. The lowest BCUT2D eigenvalue weighted by Gasteiger charge is -2.10. The summed E-state index contributed by atoms with van der Waals surface area (Å²) in [7, 11) is -0.683. The Hall–Kier alpha value is -3.24. The van der Waals surface area contributed by atoms with Crippen molar-refractivity contribution >= 4 is 33.0 Å². The van der Waals surface area contributed by atoms with Gasteiger partial charge in [0.05, 0.1) is 36.1 Å². The van der Waals surface area contributed by atoms with Gasteiger partial charge in [-0.2, -0.15) is 0 Å². The van der Waals surface area contributed by atoms with Crippen LogP contribution < -0.4 is 10.0 Å². The summed E-state index contributed by atoms with van der Waals surface area (Å²) in [5.74, 6) is -0.0112. The van der Waals surface area contributed by atoms with Crippen LogP contribution in [0.4, 0.5) is 0 Å². The first-order valence-electron chi connectivity index (χ1n) is 12.0. The topological polar surface area (TPSA) is 128 Å². The van der Waals surface area contributed by atoms with E-state index in [4.69, 9.17) is 4.42 Å². The van der Waals surface area contributed by atoms with Gasteiger partial charge in [-0.3, -0.25) is 9.59 Å². The molecular weight excluding hydrogens is 482 g/mol. The monoisotopic (exact) mass is 513 g/mol. The predicted octanol–water partition coefficient (Wildman–Crippen LogP) is 3.80. The van der Waals surface area contributed by atoms with Gasteiger partial charge in [-0.05, 0) is 50.2 Å². The van der Waals surface area contributed by atoms with E-state index < -0.39 is 10.0 Å². The Bertz CT molecular complexity index is 1370. The highest BCUT2D eigenvalue weighted by atomic mass is 32.2. The number of fused-ring (bicyclic) bond motifs is 1. The van der Waals surface area contributed by atoms with Crippen molar-refractivity contribution in [2.75, 3.05) is 19.9 Å². The summed E-state index contributed by atoms with van der Waals surface area (Å²) in [6.45, 7) is 2.01. The van der Waals surface area contributed by atoms with Gasteiger partial charge in [0, 0.05) is 19.0 Å².